The summed E-state index contributed by atoms with van der Waals surface area (Å²) in [5.74, 6) is 1.28. The van der Waals surface area contributed by atoms with Crippen molar-refractivity contribution in [1.29, 1.82) is 0 Å². The molecular formula is C19H20N6O. The standard InChI is InChI=1S/C19H20N6O/c1-13-14(6-8-20)4-3-5-18(13)26-19-17-7-9-21-25(17)12-16(23-19)15-10-22-24(2)11-15/h3-5,7,9-12H,6,8,20H2,1-2H3. The summed E-state index contributed by atoms with van der Waals surface area (Å²) in [6.45, 7) is 2.64. The quantitative estimate of drug-likeness (QED) is 0.599. The van der Waals surface area contributed by atoms with E-state index in [1.807, 2.05) is 44.6 Å². The molecule has 132 valence electrons. The lowest BCUT2D eigenvalue weighted by molar-refractivity contribution is 0.462. The highest BCUT2D eigenvalue weighted by atomic mass is 16.5. The molecule has 0 aliphatic carbocycles. The fourth-order valence-electron chi connectivity index (χ4n) is 2.97. The smallest absolute Gasteiger partial charge is 0.246 e. The molecule has 7 nitrogen and oxygen atoms in total. The lowest BCUT2D eigenvalue weighted by atomic mass is 10.1. The molecule has 2 N–H and O–H groups in total. The number of ether oxygens (including phenoxy) is 1. The summed E-state index contributed by atoms with van der Waals surface area (Å²) in [4.78, 5) is 4.71. The number of aromatic nitrogens is 5. The average molecular weight is 348 g/mol. The monoisotopic (exact) mass is 348 g/mol. The molecule has 0 unspecified atom stereocenters. The van der Waals surface area contributed by atoms with Gasteiger partial charge in [0.2, 0.25) is 5.88 Å². The van der Waals surface area contributed by atoms with Gasteiger partial charge >= 0.3 is 0 Å². The van der Waals surface area contributed by atoms with Crippen molar-refractivity contribution in [2.75, 3.05) is 6.54 Å². The van der Waals surface area contributed by atoms with E-state index >= 15 is 0 Å². The number of nitrogens with two attached hydrogens (primary N) is 1. The minimum Gasteiger partial charge on any atom is -0.437 e. The highest BCUT2D eigenvalue weighted by molar-refractivity contribution is 5.64. The van der Waals surface area contributed by atoms with Crippen LogP contribution in [0.25, 0.3) is 16.8 Å². The van der Waals surface area contributed by atoms with Crippen LogP contribution in [0.1, 0.15) is 11.1 Å². The predicted molar refractivity (Wildman–Crippen MR) is 99.2 cm³/mol. The van der Waals surface area contributed by atoms with Gasteiger partial charge in [-0.15, -0.1) is 0 Å². The summed E-state index contributed by atoms with van der Waals surface area (Å²) in [5, 5.41) is 8.55. The molecule has 4 rings (SSSR count). The number of benzene rings is 1. The third-order valence-electron chi connectivity index (χ3n) is 4.37. The van der Waals surface area contributed by atoms with E-state index in [9.17, 15) is 0 Å². The van der Waals surface area contributed by atoms with Crippen LogP contribution in [0.15, 0.2) is 49.1 Å². The molecule has 3 heterocycles. The Bertz CT molecular complexity index is 1070. The molecule has 0 saturated heterocycles. The van der Waals surface area contributed by atoms with Crippen molar-refractivity contribution in [3.05, 3.63) is 60.2 Å². The number of aryl methyl sites for hydroxylation is 1. The maximum absolute atomic E-state index is 6.20. The summed E-state index contributed by atoms with van der Waals surface area (Å²) >= 11 is 0. The molecule has 26 heavy (non-hydrogen) atoms. The van der Waals surface area contributed by atoms with Gasteiger partial charge in [0.05, 0.1) is 24.3 Å². The van der Waals surface area contributed by atoms with E-state index in [1.165, 1.54) is 5.56 Å². The molecular weight excluding hydrogens is 328 g/mol. The lowest BCUT2D eigenvalue weighted by Gasteiger charge is -2.13. The second kappa shape index (κ2) is 6.61. The maximum atomic E-state index is 6.20. The van der Waals surface area contributed by atoms with Gasteiger partial charge in [-0.25, -0.2) is 9.50 Å². The van der Waals surface area contributed by atoms with E-state index in [0.29, 0.717) is 12.4 Å². The SMILES string of the molecule is Cc1c(CCN)cccc1Oc1nc(-c2cnn(C)c2)cn2nccc12. The molecule has 0 radical (unpaired) electrons. The van der Waals surface area contributed by atoms with Crippen LogP contribution in [0.2, 0.25) is 0 Å². The van der Waals surface area contributed by atoms with Crippen LogP contribution < -0.4 is 10.5 Å². The number of hydrogen-bond donors (Lipinski definition) is 1. The zero-order valence-corrected chi connectivity index (χ0v) is 14.8. The van der Waals surface area contributed by atoms with Crippen molar-refractivity contribution in [2.45, 2.75) is 13.3 Å². The Balaban J connectivity index is 1.79. The predicted octanol–water partition coefficient (Wildman–Crippen LogP) is 2.73. The Hall–Kier alpha value is -3.19. The Kier molecular flexibility index (Phi) is 4.14. The van der Waals surface area contributed by atoms with Crippen molar-refractivity contribution < 1.29 is 4.74 Å². The van der Waals surface area contributed by atoms with Crippen LogP contribution in [-0.2, 0) is 13.5 Å². The molecule has 0 spiro atoms. The Morgan fingerprint density at radius 3 is 2.81 bits per heavy atom. The van der Waals surface area contributed by atoms with E-state index in [2.05, 4.69) is 16.3 Å². The van der Waals surface area contributed by atoms with Gasteiger partial charge in [0.15, 0.2) is 0 Å². The van der Waals surface area contributed by atoms with Crippen molar-refractivity contribution >= 4 is 5.52 Å². The van der Waals surface area contributed by atoms with Gasteiger partial charge in [0.25, 0.3) is 0 Å². The van der Waals surface area contributed by atoms with Crippen LogP contribution in [0, 0.1) is 6.92 Å². The highest BCUT2D eigenvalue weighted by Crippen LogP contribution is 2.30. The van der Waals surface area contributed by atoms with E-state index in [1.54, 1.807) is 21.6 Å². The van der Waals surface area contributed by atoms with Crippen molar-refractivity contribution in [2.24, 2.45) is 12.8 Å². The van der Waals surface area contributed by atoms with E-state index in [4.69, 9.17) is 15.5 Å². The normalized spacial score (nSPS) is 11.2. The first kappa shape index (κ1) is 16.3. The fraction of sp³-hybridized carbons (Fsp3) is 0.211. The Labute approximate surface area is 151 Å². The molecule has 0 aliphatic rings. The van der Waals surface area contributed by atoms with Crippen LogP contribution in [0.3, 0.4) is 0 Å². The first-order valence-electron chi connectivity index (χ1n) is 8.45. The van der Waals surface area contributed by atoms with Crippen molar-refractivity contribution in [1.82, 2.24) is 24.4 Å². The molecule has 3 aromatic heterocycles. The summed E-state index contributed by atoms with van der Waals surface area (Å²) in [5.41, 5.74) is 10.4. The second-order valence-electron chi connectivity index (χ2n) is 6.18. The molecule has 1 aromatic carbocycles. The molecule has 4 aromatic rings. The van der Waals surface area contributed by atoms with Crippen molar-refractivity contribution in [3.8, 4) is 22.9 Å². The minimum absolute atomic E-state index is 0.511. The van der Waals surface area contributed by atoms with Gasteiger partial charge in [-0.1, -0.05) is 12.1 Å². The minimum atomic E-state index is 0.511. The molecule has 0 amide bonds. The average Bonchev–Trinajstić information content (AvgIpc) is 3.27. The van der Waals surface area contributed by atoms with Gasteiger partial charge in [0.1, 0.15) is 11.3 Å². The molecule has 0 aliphatic heterocycles. The highest BCUT2D eigenvalue weighted by Gasteiger charge is 2.14. The number of hydrogen-bond acceptors (Lipinski definition) is 5. The zero-order valence-electron chi connectivity index (χ0n) is 14.8. The topological polar surface area (TPSA) is 83.3 Å². The molecule has 0 bridgehead atoms. The van der Waals surface area contributed by atoms with E-state index < -0.39 is 0 Å². The third-order valence-corrected chi connectivity index (χ3v) is 4.37. The van der Waals surface area contributed by atoms with Gasteiger partial charge in [-0.2, -0.15) is 10.2 Å². The fourth-order valence-corrected chi connectivity index (χ4v) is 2.97. The first-order valence-corrected chi connectivity index (χ1v) is 8.45. The summed E-state index contributed by atoms with van der Waals surface area (Å²) in [6.07, 6.45) is 8.10. The summed E-state index contributed by atoms with van der Waals surface area (Å²) < 4.78 is 9.71. The van der Waals surface area contributed by atoms with Crippen LogP contribution in [0.5, 0.6) is 11.6 Å². The molecule has 7 heteroatoms. The molecule has 0 saturated carbocycles. The number of fused-ring (bicyclic) bond motifs is 1. The van der Waals surface area contributed by atoms with Crippen molar-refractivity contribution in [3.63, 3.8) is 0 Å². The second-order valence-corrected chi connectivity index (χ2v) is 6.18. The van der Waals surface area contributed by atoms with Crippen LogP contribution >= 0.6 is 0 Å². The van der Waals surface area contributed by atoms with Gasteiger partial charge in [-0.3, -0.25) is 4.68 Å². The molecule has 0 fully saturated rings. The third kappa shape index (κ3) is 2.93. The Morgan fingerprint density at radius 2 is 2.04 bits per heavy atom. The van der Waals surface area contributed by atoms with Crippen LogP contribution in [0.4, 0.5) is 0 Å². The summed E-state index contributed by atoms with van der Waals surface area (Å²) in [6, 6.07) is 7.88. The lowest BCUT2D eigenvalue weighted by Crippen LogP contribution is -2.05. The maximum Gasteiger partial charge on any atom is 0.246 e. The first-order chi connectivity index (χ1) is 12.7. The van der Waals surface area contributed by atoms with Gasteiger partial charge < -0.3 is 10.5 Å². The zero-order chi connectivity index (χ0) is 18.1. The van der Waals surface area contributed by atoms with E-state index in [-0.39, 0.29) is 0 Å². The van der Waals surface area contributed by atoms with Crippen LogP contribution in [-0.4, -0.2) is 30.9 Å². The van der Waals surface area contributed by atoms with Gasteiger partial charge in [0, 0.05) is 18.8 Å². The largest absolute Gasteiger partial charge is 0.437 e. The number of rotatable bonds is 5. The Morgan fingerprint density at radius 1 is 1.15 bits per heavy atom. The van der Waals surface area contributed by atoms with E-state index in [0.717, 1.165) is 34.5 Å². The molecule has 0 atom stereocenters. The number of nitrogens with zero attached hydrogens (tertiary/aromatic N) is 5. The summed E-state index contributed by atoms with van der Waals surface area (Å²) in [7, 11) is 1.87. The van der Waals surface area contributed by atoms with Gasteiger partial charge in [-0.05, 0) is 43.1 Å².